The molecule has 0 aliphatic rings. The lowest BCUT2D eigenvalue weighted by Crippen LogP contribution is -2.20. The van der Waals surface area contributed by atoms with Gasteiger partial charge in [-0.25, -0.2) is 0 Å². The monoisotopic (exact) mass is 458 g/mol. The minimum Gasteiger partial charge on any atom is -0.424 e. The van der Waals surface area contributed by atoms with Crippen LogP contribution in [0.15, 0.2) is 81.7 Å². The summed E-state index contributed by atoms with van der Waals surface area (Å²) in [7, 11) is 0. The van der Waals surface area contributed by atoms with E-state index < -0.39 is 5.92 Å². The zero-order valence-electron chi connectivity index (χ0n) is 13.6. The molecule has 0 amide bonds. The van der Waals surface area contributed by atoms with Crippen LogP contribution in [0.4, 0.5) is 0 Å². The molecule has 0 aromatic heterocycles. The molecule has 3 aromatic rings. The topological polar surface area (TPSA) is 26.3 Å². The van der Waals surface area contributed by atoms with E-state index in [1.807, 2.05) is 79.7 Å². The standard InChI is InChI=1S/C21H16Br2O2/c1-14-12-17(22)13-18(23)20(14)25-21(24)19(15-8-4-2-5-9-15)16-10-6-3-7-11-16/h2-13,19H,1H3. The third kappa shape index (κ3) is 4.20. The van der Waals surface area contributed by atoms with E-state index in [0.717, 1.165) is 25.6 Å². The summed E-state index contributed by atoms with van der Waals surface area (Å²) >= 11 is 6.93. The summed E-state index contributed by atoms with van der Waals surface area (Å²) in [6, 6.07) is 23.2. The largest absolute Gasteiger partial charge is 0.424 e. The molecular weight excluding hydrogens is 444 g/mol. The molecule has 25 heavy (non-hydrogen) atoms. The molecule has 0 saturated heterocycles. The molecule has 126 valence electrons. The molecule has 0 N–H and O–H groups in total. The fraction of sp³-hybridized carbons (Fsp3) is 0.0952. The van der Waals surface area contributed by atoms with Crippen LogP contribution in [-0.4, -0.2) is 5.97 Å². The second kappa shape index (κ2) is 7.98. The summed E-state index contributed by atoms with van der Waals surface area (Å²) in [5, 5.41) is 0. The zero-order chi connectivity index (χ0) is 17.8. The average molecular weight is 460 g/mol. The van der Waals surface area contributed by atoms with Gasteiger partial charge in [0.2, 0.25) is 0 Å². The van der Waals surface area contributed by atoms with Crippen molar-refractivity contribution >= 4 is 37.8 Å². The van der Waals surface area contributed by atoms with Gasteiger partial charge in [0, 0.05) is 4.47 Å². The van der Waals surface area contributed by atoms with Crippen molar-refractivity contribution < 1.29 is 9.53 Å². The van der Waals surface area contributed by atoms with Crippen molar-refractivity contribution in [2.45, 2.75) is 12.8 Å². The number of rotatable bonds is 4. The van der Waals surface area contributed by atoms with E-state index in [0.29, 0.717) is 5.75 Å². The Hall–Kier alpha value is -1.91. The van der Waals surface area contributed by atoms with Crippen molar-refractivity contribution in [3.05, 3.63) is 98.4 Å². The Kier molecular flexibility index (Phi) is 5.71. The minimum absolute atomic E-state index is 0.302. The number of benzene rings is 3. The van der Waals surface area contributed by atoms with Crippen LogP contribution in [-0.2, 0) is 4.79 Å². The van der Waals surface area contributed by atoms with Crippen molar-refractivity contribution in [3.63, 3.8) is 0 Å². The number of aryl methyl sites for hydroxylation is 1. The SMILES string of the molecule is Cc1cc(Br)cc(Br)c1OC(=O)C(c1ccccc1)c1ccccc1. The van der Waals surface area contributed by atoms with Crippen LogP contribution in [0.3, 0.4) is 0 Å². The van der Waals surface area contributed by atoms with Gasteiger partial charge in [0.1, 0.15) is 11.7 Å². The fourth-order valence-electron chi connectivity index (χ4n) is 2.73. The highest BCUT2D eigenvalue weighted by Gasteiger charge is 2.26. The Morgan fingerprint density at radius 2 is 1.40 bits per heavy atom. The van der Waals surface area contributed by atoms with Crippen LogP contribution < -0.4 is 4.74 Å². The first-order chi connectivity index (χ1) is 12.1. The van der Waals surface area contributed by atoms with Gasteiger partial charge in [-0.3, -0.25) is 4.79 Å². The van der Waals surface area contributed by atoms with Gasteiger partial charge in [0.15, 0.2) is 0 Å². The summed E-state index contributed by atoms with van der Waals surface area (Å²) in [6.45, 7) is 1.91. The van der Waals surface area contributed by atoms with Crippen LogP contribution in [0.1, 0.15) is 22.6 Å². The highest BCUT2D eigenvalue weighted by atomic mass is 79.9. The number of ether oxygens (including phenoxy) is 1. The van der Waals surface area contributed by atoms with E-state index >= 15 is 0 Å². The van der Waals surface area contributed by atoms with Gasteiger partial charge < -0.3 is 4.74 Å². The third-order valence-corrected chi connectivity index (χ3v) is 4.95. The molecule has 3 aromatic carbocycles. The van der Waals surface area contributed by atoms with Crippen LogP contribution >= 0.6 is 31.9 Å². The third-order valence-electron chi connectivity index (χ3n) is 3.90. The first-order valence-corrected chi connectivity index (χ1v) is 9.42. The lowest BCUT2D eigenvalue weighted by molar-refractivity contribution is -0.135. The zero-order valence-corrected chi connectivity index (χ0v) is 16.7. The second-order valence-electron chi connectivity index (χ2n) is 5.71. The molecule has 0 heterocycles. The van der Waals surface area contributed by atoms with E-state index in [4.69, 9.17) is 4.74 Å². The quantitative estimate of drug-likeness (QED) is 0.340. The maximum Gasteiger partial charge on any atom is 0.323 e. The maximum absolute atomic E-state index is 13.0. The Labute approximate surface area is 164 Å². The second-order valence-corrected chi connectivity index (χ2v) is 7.48. The van der Waals surface area contributed by atoms with Gasteiger partial charge in [-0.1, -0.05) is 76.6 Å². The number of carbonyl (C=O) groups is 1. The van der Waals surface area contributed by atoms with Crippen molar-refractivity contribution in [1.29, 1.82) is 0 Å². The van der Waals surface area contributed by atoms with Gasteiger partial charge in [-0.2, -0.15) is 0 Å². The summed E-state index contributed by atoms with van der Waals surface area (Å²) in [5.41, 5.74) is 2.70. The highest BCUT2D eigenvalue weighted by molar-refractivity contribution is 9.11. The normalized spacial score (nSPS) is 10.7. The van der Waals surface area contributed by atoms with Gasteiger partial charge >= 0.3 is 5.97 Å². The molecule has 0 saturated carbocycles. The fourth-order valence-corrected chi connectivity index (χ4v) is 4.25. The first kappa shape index (κ1) is 17.9. The van der Waals surface area contributed by atoms with E-state index in [9.17, 15) is 4.79 Å². The Balaban J connectivity index is 1.99. The minimum atomic E-state index is -0.475. The molecule has 0 spiro atoms. The molecule has 3 rings (SSSR count). The molecule has 2 nitrogen and oxygen atoms in total. The lowest BCUT2D eigenvalue weighted by atomic mass is 9.91. The number of halogens is 2. The number of esters is 1. The first-order valence-electron chi connectivity index (χ1n) is 7.83. The smallest absolute Gasteiger partial charge is 0.323 e. The number of hydrogen-bond donors (Lipinski definition) is 0. The maximum atomic E-state index is 13.0. The van der Waals surface area contributed by atoms with Crippen molar-refractivity contribution in [2.24, 2.45) is 0 Å². The number of carbonyl (C=O) groups excluding carboxylic acids is 1. The van der Waals surface area contributed by atoms with Crippen LogP contribution in [0.2, 0.25) is 0 Å². The predicted octanol–water partition coefficient (Wildman–Crippen LogP) is 6.26. The molecular formula is C21H16Br2O2. The molecule has 4 heteroatoms. The molecule has 0 fully saturated rings. The van der Waals surface area contributed by atoms with Gasteiger partial charge in [-0.15, -0.1) is 0 Å². The van der Waals surface area contributed by atoms with Crippen LogP contribution in [0, 0.1) is 6.92 Å². The van der Waals surface area contributed by atoms with Gasteiger partial charge in [0.05, 0.1) is 4.47 Å². The molecule has 0 radical (unpaired) electrons. The van der Waals surface area contributed by atoms with Gasteiger partial charge in [0.25, 0.3) is 0 Å². The summed E-state index contributed by atoms with van der Waals surface area (Å²) in [4.78, 5) is 13.0. The van der Waals surface area contributed by atoms with Gasteiger partial charge in [-0.05, 0) is 51.7 Å². The molecule has 0 bridgehead atoms. The Morgan fingerprint density at radius 1 is 0.880 bits per heavy atom. The predicted molar refractivity (Wildman–Crippen MR) is 107 cm³/mol. The highest BCUT2D eigenvalue weighted by Crippen LogP contribution is 2.34. The molecule has 0 aliphatic heterocycles. The molecule has 0 atom stereocenters. The van der Waals surface area contributed by atoms with E-state index in [1.54, 1.807) is 0 Å². The van der Waals surface area contributed by atoms with E-state index in [2.05, 4.69) is 31.9 Å². The summed E-state index contributed by atoms with van der Waals surface area (Å²) < 4.78 is 7.47. The van der Waals surface area contributed by atoms with Crippen LogP contribution in [0.25, 0.3) is 0 Å². The van der Waals surface area contributed by atoms with E-state index in [-0.39, 0.29) is 5.97 Å². The Morgan fingerprint density at radius 3 is 1.88 bits per heavy atom. The lowest BCUT2D eigenvalue weighted by Gasteiger charge is -2.18. The van der Waals surface area contributed by atoms with Crippen LogP contribution in [0.5, 0.6) is 5.75 Å². The Bertz CT molecular complexity index is 814. The molecule has 0 aliphatic carbocycles. The summed E-state index contributed by atoms with van der Waals surface area (Å²) in [5.74, 6) is -0.231. The van der Waals surface area contributed by atoms with E-state index in [1.165, 1.54) is 0 Å². The average Bonchev–Trinajstić information content (AvgIpc) is 2.60. The summed E-state index contributed by atoms with van der Waals surface area (Å²) in [6.07, 6.45) is 0. The van der Waals surface area contributed by atoms with Crippen molar-refractivity contribution in [3.8, 4) is 5.75 Å². The van der Waals surface area contributed by atoms with Crippen molar-refractivity contribution in [2.75, 3.05) is 0 Å². The number of hydrogen-bond acceptors (Lipinski definition) is 2. The van der Waals surface area contributed by atoms with Crippen molar-refractivity contribution in [1.82, 2.24) is 0 Å². The molecule has 0 unspecified atom stereocenters.